The monoisotopic (exact) mass is 357 g/mol. The molecule has 0 spiro atoms. The van der Waals surface area contributed by atoms with E-state index < -0.39 is 11.6 Å². The first-order chi connectivity index (χ1) is 9.88. The molecule has 0 aliphatic carbocycles. The smallest absolute Gasteiger partial charge is 0.145 e. The average molecular weight is 358 g/mol. The van der Waals surface area contributed by atoms with Gasteiger partial charge in [0.2, 0.25) is 0 Å². The van der Waals surface area contributed by atoms with Gasteiger partial charge in [-0.2, -0.15) is 5.10 Å². The Bertz CT molecular complexity index is 638. The second-order valence-electron chi connectivity index (χ2n) is 5.29. The third kappa shape index (κ3) is 3.89. The molecule has 114 valence electrons. The van der Waals surface area contributed by atoms with Crippen molar-refractivity contribution < 1.29 is 8.78 Å². The minimum Gasteiger partial charge on any atom is -0.310 e. The predicted molar refractivity (Wildman–Crippen MR) is 82.1 cm³/mol. The molecule has 21 heavy (non-hydrogen) atoms. The molecule has 2 rings (SSSR count). The lowest BCUT2D eigenvalue weighted by Gasteiger charge is -2.07. The SMILES string of the molecule is Cc1nn(Cc2c(F)ccc(Br)c2F)cc1CNC(C)C. The van der Waals surface area contributed by atoms with Crippen LogP contribution in [0.4, 0.5) is 8.78 Å². The number of halogens is 3. The van der Waals surface area contributed by atoms with Crippen molar-refractivity contribution in [3.05, 3.63) is 51.3 Å². The highest BCUT2D eigenvalue weighted by Crippen LogP contribution is 2.22. The summed E-state index contributed by atoms with van der Waals surface area (Å²) in [5.41, 5.74) is 1.90. The van der Waals surface area contributed by atoms with E-state index in [0.29, 0.717) is 12.6 Å². The van der Waals surface area contributed by atoms with Crippen LogP contribution in [0.5, 0.6) is 0 Å². The molecule has 0 saturated carbocycles. The molecule has 0 saturated heterocycles. The molecule has 0 fully saturated rings. The quantitative estimate of drug-likeness (QED) is 0.825. The number of rotatable bonds is 5. The largest absolute Gasteiger partial charge is 0.310 e. The molecular formula is C15H18BrF2N3. The van der Waals surface area contributed by atoms with Gasteiger partial charge in [-0.05, 0) is 35.0 Å². The lowest BCUT2D eigenvalue weighted by atomic mass is 10.2. The summed E-state index contributed by atoms with van der Waals surface area (Å²) in [6.07, 6.45) is 1.82. The van der Waals surface area contributed by atoms with Crippen LogP contribution in [0.25, 0.3) is 0 Å². The Kier molecular flexibility index (Phi) is 5.11. The molecule has 0 aliphatic rings. The number of benzene rings is 1. The molecule has 0 atom stereocenters. The minimum absolute atomic E-state index is 0.00948. The molecule has 0 unspecified atom stereocenters. The second-order valence-corrected chi connectivity index (χ2v) is 6.15. The van der Waals surface area contributed by atoms with Crippen molar-refractivity contribution in [1.82, 2.24) is 15.1 Å². The zero-order chi connectivity index (χ0) is 15.6. The zero-order valence-corrected chi connectivity index (χ0v) is 13.8. The van der Waals surface area contributed by atoms with Gasteiger partial charge in [0, 0.05) is 29.9 Å². The fourth-order valence-electron chi connectivity index (χ4n) is 2.00. The van der Waals surface area contributed by atoms with E-state index in [9.17, 15) is 8.78 Å². The summed E-state index contributed by atoms with van der Waals surface area (Å²) in [7, 11) is 0. The van der Waals surface area contributed by atoms with E-state index >= 15 is 0 Å². The molecule has 2 aromatic rings. The van der Waals surface area contributed by atoms with Gasteiger partial charge in [-0.3, -0.25) is 4.68 Å². The molecule has 1 heterocycles. The van der Waals surface area contributed by atoms with E-state index in [2.05, 4.69) is 40.2 Å². The number of nitrogens with zero attached hydrogens (tertiary/aromatic N) is 2. The van der Waals surface area contributed by atoms with Crippen LogP contribution in [0.15, 0.2) is 22.8 Å². The molecule has 3 nitrogen and oxygen atoms in total. The number of nitrogens with one attached hydrogen (secondary N) is 1. The highest BCUT2D eigenvalue weighted by molar-refractivity contribution is 9.10. The normalized spacial score (nSPS) is 11.4. The Hall–Kier alpha value is -1.27. The molecule has 0 radical (unpaired) electrons. The van der Waals surface area contributed by atoms with Gasteiger partial charge in [0.05, 0.1) is 16.7 Å². The highest BCUT2D eigenvalue weighted by Gasteiger charge is 2.14. The Labute approximate surface area is 131 Å². The molecular weight excluding hydrogens is 340 g/mol. The fourth-order valence-corrected chi connectivity index (χ4v) is 2.38. The molecule has 0 amide bonds. The first kappa shape index (κ1) is 16.1. The van der Waals surface area contributed by atoms with Gasteiger partial charge in [-0.25, -0.2) is 8.78 Å². The van der Waals surface area contributed by atoms with Crippen LogP contribution < -0.4 is 5.32 Å². The maximum atomic E-state index is 14.0. The lowest BCUT2D eigenvalue weighted by Crippen LogP contribution is -2.21. The second kappa shape index (κ2) is 6.66. The molecule has 0 bridgehead atoms. The number of aromatic nitrogens is 2. The van der Waals surface area contributed by atoms with Crippen LogP contribution in [0.2, 0.25) is 0 Å². The van der Waals surface area contributed by atoms with Crippen LogP contribution in [0, 0.1) is 18.6 Å². The Morgan fingerprint density at radius 2 is 2.05 bits per heavy atom. The number of hydrogen-bond donors (Lipinski definition) is 1. The van der Waals surface area contributed by atoms with Crippen molar-refractivity contribution >= 4 is 15.9 Å². The van der Waals surface area contributed by atoms with Crippen molar-refractivity contribution in [3.63, 3.8) is 0 Å². The van der Waals surface area contributed by atoms with Crippen LogP contribution in [-0.2, 0) is 13.1 Å². The van der Waals surface area contributed by atoms with E-state index in [1.165, 1.54) is 12.1 Å². The Morgan fingerprint density at radius 3 is 2.71 bits per heavy atom. The maximum absolute atomic E-state index is 14.0. The Balaban J connectivity index is 2.21. The van der Waals surface area contributed by atoms with E-state index in [0.717, 1.165) is 11.3 Å². The summed E-state index contributed by atoms with van der Waals surface area (Å²) < 4.78 is 29.6. The third-order valence-electron chi connectivity index (χ3n) is 3.21. The summed E-state index contributed by atoms with van der Waals surface area (Å²) in [5, 5.41) is 7.63. The van der Waals surface area contributed by atoms with E-state index in [1.807, 2.05) is 13.1 Å². The van der Waals surface area contributed by atoms with Gasteiger partial charge in [-0.15, -0.1) is 0 Å². The third-order valence-corrected chi connectivity index (χ3v) is 3.82. The van der Waals surface area contributed by atoms with E-state index in [1.54, 1.807) is 4.68 Å². The topological polar surface area (TPSA) is 29.9 Å². The summed E-state index contributed by atoms with van der Waals surface area (Å²) in [5.74, 6) is -1.14. The van der Waals surface area contributed by atoms with Crippen LogP contribution >= 0.6 is 15.9 Å². The summed E-state index contributed by atoms with van der Waals surface area (Å²) in [6.45, 7) is 6.77. The van der Waals surface area contributed by atoms with Crippen LogP contribution in [0.3, 0.4) is 0 Å². The number of hydrogen-bond acceptors (Lipinski definition) is 2. The highest BCUT2D eigenvalue weighted by atomic mass is 79.9. The standard InChI is InChI=1S/C15H18BrF2N3/c1-9(2)19-6-11-7-21(20-10(11)3)8-12-14(17)5-4-13(16)15(12)18/h4-5,7,9,19H,6,8H2,1-3H3. The first-order valence-electron chi connectivity index (χ1n) is 6.77. The molecule has 6 heteroatoms. The summed E-state index contributed by atoms with van der Waals surface area (Å²) in [4.78, 5) is 0. The van der Waals surface area contributed by atoms with Crippen molar-refractivity contribution in [1.29, 1.82) is 0 Å². The van der Waals surface area contributed by atoms with Crippen molar-refractivity contribution in [2.45, 2.75) is 39.9 Å². The van der Waals surface area contributed by atoms with Gasteiger partial charge >= 0.3 is 0 Å². The molecule has 1 N–H and O–H groups in total. The predicted octanol–water partition coefficient (Wildman–Crippen LogP) is 3.78. The summed E-state index contributed by atoms with van der Waals surface area (Å²) in [6, 6.07) is 2.98. The van der Waals surface area contributed by atoms with Crippen LogP contribution in [0.1, 0.15) is 30.7 Å². The van der Waals surface area contributed by atoms with E-state index in [-0.39, 0.29) is 16.6 Å². The van der Waals surface area contributed by atoms with Gasteiger partial charge in [0.25, 0.3) is 0 Å². The zero-order valence-electron chi connectivity index (χ0n) is 12.3. The number of aryl methyl sites for hydroxylation is 1. The minimum atomic E-state index is -0.579. The summed E-state index contributed by atoms with van der Waals surface area (Å²) >= 11 is 3.07. The molecule has 1 aromatic carbocycles. The van der Waals surface area contributed by atoms with Gasteiger partial charge in [-0.1, -0.05) is 13.8 Å². The van der Waals surface area contributed by atoms with Crippen molar-refractivity contribution in [2.75, 3.05) is 0 Å². The van der Waals surface area contributed by atoms with E-state index in [4.69, 9.17) is 0 Å². The van der Waals surface area contributed by atoms with Gasteiger partial charge in [0.1, 0.15) is 11.6 Å². The maximum Gasteiger partial charge on any atom is 0.145 e. The fraction of sp³-hybridized carbons (Fsp3) is 0.400. The van der Waals surface area contributed by atoms with Crippen molar-refractivity contribution in [3.8, 4) is 0 Å². The lowest BCUT2D eigenvalue weighted by molar-refractivity contribution is 0.528. The molecule has 0 aliphatic heterocycles. The average Bonchev–Trinajstić information content (AvgIpc) is 2.77. The van der Waals surface area contributed by atoms with Crippen molar-refractivity contribution in [2.24, 2.45) is 0 Å². The molecule has 1 aromatic heterocycles. The van der Waals surface area contributed by atoms with Gasteiger partial charge in [0.15, 0.2) is 0 Å². The van der Waals surface area contributed by atoms with Gasteiger partial charge < -0.3 is 5.32 Å². The Morgan fingerprint density at radius 1 is 1.33 bits per heavy atom. The first-order valence-corrected chi connectivity index (χ1v) is 7.56. The van der Waals surface area contributed by atoms with Crippen LogP contribution in [-0.4, -0.2) is 15.8 Å².